The van der Waals surface area contributed by atoms with Gasteiger partial charge in [-0.25, -0.2) is 9.79 Å². The highest BCUT2D eigenvalue weighted by Gasteiger charge is 2.30. The summed E-state index contributed by atoms with van der Waals surface area (Å²) in [5.41, 5.74) is 3.64. The van der Waals surface area contributed by atoms with Crippen LogP contribution in [0.2, 0.25) is 0 Å². The zero-order valence-corrected chi connectivity index (χ0v) is 17.9. The third kappa shape index (κ3) is 4.46. The first-order valence-corrected chi connectivity index (χ1v) is 10.4. The van der Waals surface area contributed by atoms with Gasteiger partial charge in [0, 0.05) is 23.9 Å². The number of hydrogen-bond donors (Lipinski definition) is 2. The zero-order valence-electron chi connectivity index (χ0n) is 17.9. The Morgan fingerprint density at radius 3 is 2.41 bits per heavy atom. The van der Waals surface area contributed by atoms with Crippen molar-refractivity contribution >= 4 is 29.0 Å². The molecule has 1 aliphatic rings. The summed E-state index contributed by atoms with van der Waals surface area (Å²) in [5, 5.41) is 5.45. The molecule has 1 aliphatic heterocycles. The van der Waals surface area contributed by atoms with Gasteiger partial charge in [0.15, 0.2) is 0 Å². The van der Waals surface area contributed by atoms with E-state index in [0.29, 0.717) is 23.8 Å². The molecule has 7 nitrogen and oxygen atoms in total. The molecule has 0 saturated carbocycles. The Morgan fingerprint density at radius 2 is 1.69 bits per heavy atom. The number of urea groups is 1. The summed E-state index contributed by atoms with van der Waals surface area (Å²) in [6, 6.07) is 23.7. The maximum Gasteiger partial charge on any atom is 0.321 e. The number of fused-ring (bicyclic) bond motifs is 1. The van der Waals surface area contributed by atoms with Crippen molar-refractivity contribution in [3.8, 4) is 5.75 Å². The molecule has 1 heterocycles. The molecule has 4 rings (SSSR count). The van der Waals surface area contributed by atoms with Crippen LogP contribution in [0.4, 0.5) is 16.2 Å². The van der Waals surface area contributed by atoms with E-state index in [4.69, 9.17) is 4.74 Å². The van der Waals surface area contributed by atoms with Crippen LogP contribution in [0.1, 0.15) is 18.1 Å². The Morgan fingerprint density at radius 1 is 1.00 bits per heavy atom. The predicted octanol–water partition coefficient (Wildman–Crippen LogP) is 4.05. The molecule has 3 amide bonds. The minimum absolute atomic E-state index is 0.328. The molecule has 0 radical (unpaired) electrons. The SMILES string of the molecule is CCOc1ccc(NC(=O)N[C@H]2N=C(c3ccccc3)c3ccccc3N(C)C2=O)cc1. The van der Waals surface area contributed by atoms with Crippen LogP contribution >= 0.6 is 0 Å². The first-order chi connectivity index (χ1) is 15.6. The molecule has 0 saturated heterocycles. The van der Waals surface area contributed by atoms with Gasteiger partial charge >= 0.3 is 6.03 Å². The van der Waals surface area contributed by atoms with Gasteiger partial charge in [0.2, 0.25) is 6.17 Å². The number of amides is 3. The molecule has 1 atom stereocenters. The molecule has 0 aliphatic carbocycles. The number of anilines is 2. The first-order valence-electron chi connectivity index (χ1n) is 10.4. The highest BCUT2D eigenvalue weighted by atomic mass is 16.5. The van der Waals surface area contributed by atoms with E-state index in [1.807, 2.05) is 61.5 Å². The number of nitrogens with zero attached hydrogens (tertiary/aromatic N) is 2. The van der Waals surface area contributed by atoms with Gasteiger partial charge < -0.3 is 20.3 Å². The standard InChI is InChI=1S/C25H24N4O3/c1-3-32-19-15-13-18(14-16-19)26-25(31)28-23-24(30)29(2)21-12-8-7-11-20(21)22(27-23)17-9-5-4-6-10-17/h4-16,23H,3H2,1-2H3,(H2,26,28,31)/t23-/m1/s1. The number of hydrogen-bond acceptors (Lipinski definition) is 4. The van der Waals surface area contributed by atoms with Gasteiger partial charge in [0.05, 0.1) is 18.0 Å². The van der Waals surface area contributed by atoms with Crippen molar-refractivity contribution in [3.05, 3.63) is 90.0 Å². The normalized spacial score (nSPS) is 15.3. The van der Waals surface area contributed by atoms with Crippen molar-refractivity contribution in [1.29, 1.82) is 0 Å². The summed E-state index contributed by atoms with van der Waals surface area (Å²) < 4.78 is 5.42. The Kier molecular flexibility index (Phi) is 6.17. The van der Waals surface area contributed by atoms with Crippen molar-refractivity contribution in [2.75, 3.05) is 23.9 Å². The van der Waals surface area contributed by atoms with E-state index in [9.17, 15) is 9.59 Å². The maximum atomic E-state index is 13.1. The largest absolute Gasteiger partial charge is 0.494 e. The molecule has 3 aromatic carbocycles. The lowest BCUT2D eigenvalue weighted by Crippen LogP contribution is -2.47. The van der Waals surface area contributed by atoms with Gasteiger partial charge in [-0.1, -0.05) is 48.5 Å². The van der Waals surface area contributed by atoms with Crippen LogP contribution in [0.15, 0.2) is 83.9 Å². The number of nitrogens with one attached hydrogen (secondary N) is 2. The topological polar surface area (TPSA) is 83.0 Å². The van der Waals surface area contributed by atoms with Gasteiger partial charge in [-0.05, 0) is 37.3 Å². The summed E-state index contributed by atoms with van der Waals surface area (Å²) in [7, 11) is 1.68. The summed E-state index contributed by atoms with van der Waals surface area (Å²) in [6.07, 6.45) is -1.08. The molecular weight excluding hydrogens is 404 g/mol. The summed E-state index contributed by atoms with van der Waals surface area (Å²) in [6.45, 7) is 2.47. The number of para-hydroxylation sites is 1. The molecule has 162 valence electrons. The number of benzene rings is 3. The van der Waals surface area contributed by atoms with E-state index in [-0.39, 0.29) is 5.91 Å². The van der Waals surface area contributed by atoms with Crippen molar-refractivity contribution in [2.24, 2.45) is 4.99 Å². The van der Waals surface area contributed by atoms with Crippen LogP contribution < -0.4 is 20.3 Å². The quantitative estimate of drug-likeness (QED) is 0.643. The highest BCUT2D eigenvalue weighted by molar-refractivity contribution is 6.20. The van der Waals surface area contributed by atoms with Crippen LogP contribution in [0.3, 0.4) is 0 Å². The molecule has 0 bridgehead atoms. The van der Waals surface area contributed by atoms with E-state index >= 15 is 0 Å². The minimum Gasteiger partial charge on any atom is -0.494 e. The van der Waals surface area contributed by atoms with Crippen LogP contribution in [0.25, 0.3) is 0 Å². The number of likely N-dealkylation sites (N-methyl/N-ethyl adjacent to an activating group) is 1. The zero-order chi connectivity index (χ0) is 22.5. The molecule has 0 aromatic heterocycles. The molecule has 32 heavy (non-hydrogen) atoms. The molecule has 7 heteroatoms. The third-order valence-electron chi connectivity index (χ3n) is 5.08. The average molecular weight is 428 g/mol. The second-order valence-electron chi connectivity index (χ2n) is 7.22. The van der Waals surface area contributed by atoms with Gasteiger partial charge in [0.1, 0.15) is 5.75 Å². The fraction of sp³-hybridized carbons (Fsp3) is 0.160. The van der Waals surface area contributed by atoms with Crippen molar-refractivity contribution in [1.82, 2.24) is 5.32 Å². The number of ether oxygens (including phenoxy) is 1. The molecule has 0 spiro atoms. The molecule has 0 unspecified atom stereocenters. The van der Waals surface area contributed by atoms with Gasteiger partial charge in [0.25, 0.3) is 5.91 Å². The van der Waals surface area contributed by atoms with Crippen LogP contribution in [0, 0.1) is 0 Å². The number of rotatable bonds is 5. The van der Waals surface area contributed by atoms with Gasteiger partial charge in [-0.3, -0.25) is 4.79 Å². The lowest BCUT2D eigenvalue weighted by atomic mass is 10.0. The number of aliphatic imine (C=N–C) groups is 1. The lowest BCUT2D eigenvalue weighted by molar-refractivity contribution is -0.119. The molecule has 0 fully saturated rings. The van der Waals surface area contributed by atoms with Crippen LogP contribution in [-0.2, 0) is 4.79 Å². The monoisotopic (exact) mass is 428 g/mol. The van der Waals surface area contributed by atoms with E-state index < -0.39 is 12.2 Å². The smallest absolute Gasteiger partial charge is 0.321 e. The number of carbonyl (C=O) groups is 2. The average Bonchev–Trinajstić information content (AvgIpc) is 2.92. The van der Waals surface area contributed by atoms with Crippen LogP contribution in [-0.4, -0.2) is 37.5 Å². The van der Waals surface area contributed by atoms with Crippen molar-refractivity contribution < 1.29 is 14.3 Å². The first kappa shape index (κ1) is 21.1. The van der Waals surface area contributed by atoms with Crippen LogP contribution in [0.5, 0.6) is 5.75 Å². The minimum atomic E-state index is -1.08. The second kappa shape index (κ2) is 9.34. The fourth-order valence-electron chi connectivity index (χ4n) is 3.53. The highest BCUT2D eigenvalue weighted by Crippen LogP contribution is 2.27. The summed E-state index contributed by atoms with van der Waals surface area (Å²) in [4.78, 5) is 32.0. The van der Waals surface area contributed by atoms with E-state index in [2.05, 4.69) is 15.6 Å². The summed E-state index contributed by atoms with van der Waals surface area (Å²) >= 11 is 0. The Labute approximate surface area is 186 Å². The molecular formula is C25H24N4O3. The van der Waals surface area contributed by atoms with Gasteiger partial charge in [-0.15, -0.1) is 0 Å². The van der Waals surface area contributed by atoms with E-state index in [1.165, 1.54) is 4.90 Å². The lowest BCUT2D eigenvalue weighted by Gasteiger charge is -2.21. The Bertz CT molecular complexity index is 1140. The molecule has 2 N–H and O–H groups in total. The predicted molar refractivity (Wildman–Crippen MR) is 125 cm³/mol. The van der Waals surface area contributed by atoms with Gasteiger partial charge in [-0.2, -0.15) is 0 Å². The maximum absolute atomic E-state index is 13.1. The number of benzodiazepines with no additional fused rings is 1. The van der Waals surface area contributed by atoms with Crippen molar-refractivity contribution in [3.63, 3.8) is 0 Å². The van der Waals surface area contributed by atoms with Crippen molar-refractivity contribution in [2.45, 2.75) is 13.1 Å². The second-order valence-corrected chi connectivity index (χ2v) is 7.22. The fourth-order valence-corrected chi connectivity index (χ4v) is 3.53. The molecule has 3 aromatic rings. The number of carbonyl (C=O) groups excluding carboxylic acids is 2. The Balaban J connectivity index is 1.61. The third-order valence-corrected chi connectivity index (χ3v) is 5.08. The summed E-state index contributed by atoms with van der Waals surface area (Å²) in [5.74, 6) is 0.388. The van der Waals surface area contributed by atoms with E-state index in [0.717, 1.165) is 16.8 Å². The Hall–Kier alpha value is -4.13. The van der Waals surface area contributed by atoms with E-state index in [1.54, 1.807) is 31.3 Å².